The van der Waals surface area contributed by atoms with Gasteiger partial charge in [-0.25, -0.2) is 14.5 Å². The Morgan fingerprint density at radius 3 is 2.17 bits per heavy atom. The highest BCUT2D eigenvalue weighted by Crippen LogP contribution is 2.30. The molecule has 1 aromatic rings. The number of guanidine groups is 1. The van der Waals surface area contributed by atoms with E-state index < -0.39 is 29.3 Å². The van der Waals surface area contributed by atoms with Gasteiger partial charge in [0.05, 0.1) is 13.7 Å². The Hall–Kier alpha value is -2.46. The zero-order valence-electron chi connectivity index (χ0n) is 23.5. The molecule has 0 aliphatic rings. The number of nitrogens with zero attached hydrogens (tertiary/aromatic N) is 1. The second-order valence-electron chi connectivity index (χ2n) is 11.0. The lowest BCUT2D eigenvalue weighted by Gasteiger charge is -2.29. The fourth-order valence-corrected chi connectivity index (χ4v) is 3.93. The summed E-state index contributed by atoms with van der Waals surface area (Å²) in [6.07, 6.45) is -1.60. The van der Waals surface area contributed by atoms with Crippen LogP contribution in [0, 0.1) is 5.41 Å². The SMILES string of the molecule is CCNCC(C)(C)SCc1ccc(OC)c(CN(C(=N)NC(=O)OC(C)(C)C)C(=O)OC(C)(C)C)c1. The fraction of sp³-hybridized carbons (Fsp3) is 0.654. The molecule has 1 rings (SSSR count). The van der Waals surface area contributed by atoms with Crippen molar-refractivity contribution in [3.8, 4) is 5.75 Å². The number of rotatable bonds is 9. The maximum atomic E-state index is 13.0. The van der Waals surface area contributed by atoms with Crippen LogP contribution in [-0.2, 0) is 21.8 Å². The Morgan fingerprint density at radius 1 is 1.03 bits per heavy atom. The van der Waals surface area contributed by atoms with Crippen LogP contribution in [0.5, 0.6) is 5.75 Å². The zero-order valence-corrected chi connectivity index (χ0v) is 24.3. The summed E-state index contributed by atoms with van der Waals surface area (Å²) in [5, 5.41) is 14.2. The molecule has 3 N–H and O–H groups in total. The fourth-order valence-electron chi connectivity index (χ4n) is 2.99. The van der Waals surface area contributed by atoms with Gasteiger partial charge in [0.1, 0.15) is 17.0 Å². The largest absolute Gasteiger partial charge is 0.496 e. The van der Waals surface area contributed by atoms with Gasteiger partial charge in [-0.3, -0.25) is 10.7 Å². The van der Waals surface area contributed by atoms with Crippen molar-refractivity contribution in [2.45, 2.75) is 90.6 Å². The molecule has 0 aromatic heterocycles. The number of carbonyl (C=O) groups excluding carboxylic acids is 2. The minimum absolute atomic E-state index is 0.0357. The Bertz CT molecular complexity index is 907. The van der Waals surface area contributed by atoms with E-state index in [0.29, 0.717) is 11.3 Å². The molecule has 0 fully saturated rings. The standard InChI is InChI=1S/C26H44N4O5S/c1-11-28-17-26(8,9)36-16-18-12-13-20(33-10)19(14-18)15-30(23(32)35-25(5,6)7)21(27)29-22(31)34-24(2,3)4/h12-14,28H,11,15-17H2,1-10H3,(H2,27,29,31). The number of alkyl carbamates (subject to hydrolysis) is 1. The summed E-state index contributed by atoms with van der Waals surface area (Å²) in [6.45, 7) is 18.6. The average molecular weight is 525 g/mol. The van der Waals surface area contributed by atoms with E-state index in [4.69, 9.17) is 19.6 Å². The third-order valence-corrected chi connectivity index (χ3v) is 6.01. The lowest BCUT2D eigenvalue weighted by atomic mass is 10.1. The molecule has 2 amide bonds. The van der Waals surface area contributed by atoms with Gasteiger partial charge in [0.2, 0.25) is 5.96 Å². The maximum absolute atomic E-state index is 13.0. The third-order valence-electron chi connectivity index (χ3n) is 4.61. The van der Waals surface area contributed by atoms with Gasteiger partial charge in [-0.15, -0.1) is 11.8 Å². The van der Waals surface area contributed by atoms with Crippen LogP contribution in [-0.4, -0.2) is 59.2 Å². The van der Waals surface area contributed by atoms with Crippen molar-refractivity contribution >= 4 is 29.9 Å². The lowest BCUT2D eigenvalue weighted by Crippen LogP contribution is -2.49. The van der Waals surface area contributed by atoms with Crippen LogP contribution in [0.1, 0.15) is 73.4 Å². The average Bonchev–Trinajstić information content (AvgIpc) is 2.72. The minimum atomic E-state index is -0.832. The van der Waals surface area contributed by atoms with Gasteiger partial charge in [0, 0.05) is 22.6 Å². The topological polar surface area (TPSA) is 113 Å². The van der Waals surface area contributed by atoms with Gasteiger partial charge in [-0.2, -0.15) is 0 Å². The van der Waals surface area contributed by atoms with Crippen molar-refractivity contribution in [1.82, 2.24) is 15.5 Å². The number of hydrogen-bond donors (Lipinski definition) is 3. The molecule has 0 saturated carbocycles. The first-order valence-corrected chi connectivity index (χ1v) is 13.0. The Labute approximate surface area is 220 Å². The van der Waals surface area contributed by atoms with Gasteiger partial charge >= 0.3 is 12.2 Å². The number of carbonyl (C=O) groups is 2. The zero-order chi connectivity index (χ0) is 27.7. The van der Waals surface area contributed by atoms with Gasteiger partial charge in [0.15, 0.2) is 0 Å². The molecule has 36 heavy (non-hydrogen) atoms. The number of benzene rings is 1. The van der Waals surface area contributed by atoms with E-state index in [0.717, 1.165) is 29.3 Å². The quantitative estimate of drug-likeness (QED) is 0.288. The molecule has 10 heteroatoms. The van der Waals surface area contributed by atoms with E-state index in [-0.39, 0.29) is 11.3 Å². The van der Waals surface area contributed by atoms with Crippen molar-refractivity contribution in [3.05, 3.63) is 29.3 Å². The van der Waals surface area contributed by atoms with Crippen molar-refractivity contribution in [2.24, 2.45) is 0 Å². The molecule has 204 valence electrons. The number of hydrogen-bond acceptors (Lipinski definition) is 8. The minimum Gasteiger partial charge on any atom is -0.496 e. The summed E-state index contributed by atoms with van der Waals surface area (Å²) in [5.41, 5.74) is 0.191. The van der Waals surface area contributed by atoms with Crippen LogP contribution in [0.2, 0.25) is 0 Å². The van der Waals surface area contributed by atoms with Crippen LogP contribution < -0.4 is 15.4 Å². The van der Waals surface area contributed by atoms with Crippen LogP contribution in [0.15, 0.2) is 18.2 Å². The predicted octanol–water partition coefficient (Wildman–Crippen LogP) is 5.51. The Kier molecular flexibility index (Phi) is 11.6. The molecule has 0 saturated heterocycles. The number of nitrogens with one attached hydrogen (secondary N) is 3. The smallest absolute Gasteiger partial charge is 0.417 e. The highest BCUT2D eigenvalue weighted by Gasteiger charge is 2.29. The number of amides is 2. The number of thioether (sulfide) groups is 1. The van der Waals surface area contributed by atoms with Crippen LogP contribution in [0.3, 0.4) is 0 Å². The van der Waals surface area contributed by atoms with Gasteiger partial charge in [-0.05, 0) is 79.6 Å². The van der Waals surface area contributed by atoms with E-state index in [1.54, 1.807) is 48.7 Å². The highest BCUT2D eigenvalue weighted by molar-refractivity contribution is 7.99. The van der Waals surface area contributed by atoms with E-state index >= 15 is 0 Å². The molecule has 0 radical (unpaired) electrons. The predicted molar refractivity (Wildman–Crippen MR) is 146 cm³/mol. The first-order valence-electron chi connectivity index (χ1n) is 12.1. The molecular formula is C26H44N4O5S. The van der Waals surface area contributed by atoms with Crippen molar-refractivity contribution < 1.29 is 23.8 Å². The summed E-state index contributed by atoms with van der Waals surface area (Å²) in [4.78, 5) is 26.4. The van der Waals surface area contributed by atoms with E-state index in [9.17, 15) is 9.59 Å². The van der Waals surface area contributed by atoms with E-state index in [1.807, 2.05) is 30.0 Å². The molecule has 0 heterocycles. The van der Waals surface area contributed by atoms with Crippen LogP contribution in [0.25, 0.3) is 0 Å². The summed E-state index contributed by atoms with van der Waals surface area (Å²) < 4.78 is 16.3. The van der Waals surface area contributed by atoms with Gasteiger partial charge in [-0.1, -0.05) is 13.0 Å². The van der Waals surface area contributed by atoms with Crippen molar-refractivity contribution in [1.29, 1.82) is 5.41 Å². The van der Waals surface area contributed by atoms with Gasteiger partial charge in [0.25, 0.3) is 0 Å². The second-order valence-corrected chi connectivity index (χ2v) is 12.7. The van der Waals surface area contributed by atoms with Crippen molar-refractivity contribution in [2.75, 3.05) is 20.2 Å². The normalized spacial score (nSPS) is 12.1. The first-order chi connectivity index (χ1) is 16.5. The lowest BCUT2D eigenvalue weighted by molar-refractivity contribution is 0.0346. The molecule has 0 spiro atoms. The highest BCUT2D eigenvalue weighted by atomic mass is 32.2. The molecule has 0 bridgehead atoms. The second kappa shape index (κ2) is 13.2. The Balaban J connectivity index is 3.19. The maximum Gasteiger partial charge on any atom is 0.417 e. The molecule has 1 aromatic carbocycles. The summed E-state index contributed by atoms with van der Waals surface area (Å²) in [7, 11) is 1.55. The molecule has 0 unspecified atom stereocenters. The number of methoxy groups -OCH3 is 1. The van der Waals surface area contributed by atoms with E-state index in [1.165, 1.54) is 0 Å². The summed E-state index contributed by atoms with van der Waals surface area (Å²) in [6, 6.07) is 5.79. The number of ether oxygens (including phenoxy) is 3. The van der Waals surface area contributed by atoms with Crippen LogP contribution >= 0.6 is 11.8 Å². The summed E-state index contributed by atoms with van der Waals surface area (Å²) >= 11 is 1.82. The third kappa shape index (κ3) is 12.0. The Morgan fingerprint density at radius 2 is 1.64 bits per heavy atom. The van der Waals surface area contributed by atoms with E-state index in [2.05, 4.69) is 31.4 Å². The molecule has 9 nitrogen and oxygen atoms in total. The molecular weight excluding hydrogens is 480 g/mol. The molecule has 0 aliphatic heterocycles. The van der Waals surface area contributed by atoms with Crippen LogP contribution in [0.4, 0.5) is 9.59 Å². The van der Waals surface area contributed by atoms with Crippen molar-refractivity contribution in [3.63, 3.8) is 0 Å². The first kappa shape index (κ1) is 31.6. The monoisotopic (exact) mass is 524 g/mol. The molecule has 0 aliphatic carbocycles. The molecule has 0 atom stereocenters. The van der Waals surface area contributed by atoms with Gasteiger partial charge < -0.3 is 19.5 Å². The summed E-state index contributed by atoms with van der Waals surface area (Å²) in [5.74, 6) is 0.872.